The Morgan fingerprint density at radius 3 is 2.62 bits per heavy atom. The topological polar surface area (TPSA) is 76.1 Å². The molecule has 1 aliphatic heterocycles. The van der Waals surface area contributed by atoms with Gasteiger partial charge < -0.3 is 10.1 Å². The summed E-state index contributed by atoms with van der Waals surface area (Å²) in [5, 5.41) is 5.85. The second-order valence-electron chi connectivity index (χ2n) is 7.88. The van der Waals surface area contributed by atoms with Crippen molar-refractivity contribution in [2.75, 3.05) is 17.7 Å². The molecule has 1 aromatic carbocycles. The number of unbranched alkanes of at least 4 members (excludes halogenated alkanes) is 1. The van der Waals surface area contributed by atoms with Crippen LogP contribution < -0.4 is 15.6 Å². The number of carbonyl (C=O) groups is 1. The number of nitrogens with one attached hydrogen (secondary N) is 2. The van der Waals surface area contributed by atoms with Crippen molar-refractivity contribution in [2.24, 2.45) is 0 Å². The van der Waals surface area contributed by atoms with E-state index < -0.39 is 0 Å². The van der Waals surface area contributed by atoms with Gasteiger partial charge in [0.15, 0.2) is 0 Å². The van der Waals surface area contributed by atoms with Crippen LogP contribution in [0, 0.1) is 0 Å². The molecule has 1 amide bonds. The highest BCUT2D eigenvalue weighted by Crippen LogP contribution is 2.42. The summed E-state index contributed by atoms with van der Waals surface area (Å²) in [6.07, 6.45) is 7.75. The van der Waals surface area contributed by atoms with Crippen molar-refractivity contribution in [3.63, 3.8) is 0 Å². The van der Waals surface area contributed by atoms with Crippen molar-refractivity contribution in [3.05, 3.63) is 45.7 Å². The van der Waals surface area contributed by atoms with E-state index in [1.807, 2.05) is 28.9 Å². The summed E-state index contributed by atoms with van der Waals surface area (Å²) >= 11 is 1.50. The van der Waals surface area contributed by atoms with Crippen LogP contribution in [0.4, 0.5) is 5.82 Å². The molecular formula is C22H29N3O3S. The minimum Gasteiger partial charge on any atom is -0.494 e. The summed E-state index contributed by atoms with van der Waals surface area (Å²) in [5.74, 6) is 1.77. The molecule has 1 fully saturated rings. The van der Waals surface area contributed by atoms with Crippen LogP contribution in [0.2, 0.25) is 0 Å². The Labute approximate surface area is 175 Å². The van der Waals surface area contributed by atoms with Crippen molar-refractivity contribution in [2.45, 2.75) is 63.2 Å². The number of ether oxygens (including phenoxy) is 1. The van der Waals surface area contributed by atoms with Crippen LogP contribution in [0.25, 0.3) is 0 Å². The number of amides is 1. The SMILES string of the molecule is CCCCOc1ccc([C@H]2SCC(=O)Nc3c2c(=O)[nH]n3C2CCCCC2)cc1. The van der Waals surface area contributed by atoms with E-state index in [1.54, 1.807) is 0 Å². The molecule has 156 valence electrons. The van der Waals surface area contributed by atoms with Gasteiger partial charge in [-0.05, 0) is 37.0 Å². The molecule has 0 radical (unpaired) electrons. The maximum absolute atomic E-state index is 12.9. The van der Waals surface area contributed by atoms with Gasteiger partial charge in [0, 0.05) is 0 Å². The fourth-order valence-electron chi connectivity index (χ4n) is 4.19. The van der Waals surface area contributed by atoms with E-state index in [0.717, 1.165) is 49.8 Å². The molecule has 2 heterocycles. The maximum Gasteiger partial charge on any atom is 0.270 e. The summed E-state index contributed by atoms with van der Waals surface area (Å²) in [6.45, 7) is 2.85. The predicted molar refractivity (Wildman–Crippen MR) is 117 cm³/mol. The van der Waals surface area contributed by atoms with Crippen LogP contribution in [0.5, 0.6) is 5.75 Å². The summed E-state index contributed by atoms with van der Waals surface area (Å²) < 4.78 is 7.69. The van der Waals surface area contributed by atoms with E-state index in [0.29, 0.717) is 23.7 Å². The molecule has 29 heavy (non-hydrogen) atoms. The Balaban J connectivity index is 1.65. The Morgan fingerprint density at radius 1 is 1.14 bits per heavy atom. The van der Waals surface area contributed by atoms with Gasteiger partial charge in [-0.2, -0.15) is 0 Å². The van der Waals surface area contributed by atoms with E-state index in [9.17, 15) is 9.59 Å². The Morgan fingerprint density at radius 2 is 1.90 bits per heavy atom. The summed E-state index contributed by atoms with van der Waals surface area (Å²) in [7, 11) is 0. The number of benzene rings is 1. The first kappa shape index (κ1) is 20.1. The number of H-pyrrole nitrogens is 1. The number of anilines is 1. The standard InChI is InChI=1S/C22H29N3O3S/c1-2-3-13-28-17-11-9-15(10-12-17)20-19-21(23-18(26)14-29-20)25(24-22(19)27)16-7-5-4-6-8-16/h9-12,16,20H,2-8,13-14H2,1H3,(H,23,26)(H,24,27)/t20-/m1/s1. The number of hydrogen-bond acceptors (Lipinski definition) is 4. The Kier molecular flexibility index (Phi) is 6.33. The predicted octanol–water partition coefficient (Wildman–Crippen LogP) is 4.64. The molecule has 0 saturated heterocycles. The van der Waals surface area contributed by atoms with Crippen LogP contribution in [-0.2, 0) is 4.79 Å². The van der Waals surface area contributed by atoms with Crippen molar-refractivity contribution >= 4 is 23.5 Å². The minimum absolute atomic E-state index is 0.0539. The van der Waals surface area contributed by atoms with E-state index in [-0.39, 0.29) is 22.8 Å². The van der Waals surface area contributed by atoms with Gasteiger partial charge in [-0.1, -0.05) is 44.7 Å². The normalized spacial score (nSPS) is 20.0. The highest BCUT2D eigenvalue weighted by Gasteiger charge is 2.32. The Hall–Kier alpha value is -2.15. The quantitative estimate of drug-likeness (QED) is 0.674. The number of aromatic amines is 1. The lowest BCUT2D eigenvalue weighted by Gasteiger charge is -2.24. The van der Waals surface area contributed by atoms with Crippen molar-refractivity contribution in [1.82, 2.24) is 9.78 Å². The maximum atomic E-state index is 12.9. The van der Waals surface area contributed by atoms with Gasteiger partial charge >= 0.3 is 0 Å². The van der Waals surface area contributed by atoms with Crippen LogP contribution >= 0.6 is 11.8 Å². The molecule has 0 bridgehead atoms. The zero-order chi connectivity index (χ0) is 20.2. The van der Waals surface area contributed by atoms with E-state index in [4.69, 9.17) is 4.74 Å². The average Bonchev–Trinajstić information content (AvgIpc) is 2.95. The molecular weight excluding hydrogens is 386 g/mol. The van der Waals surface area contributed by atoms with Gasteiger partial charge in [-0.25, -0.2) is 0 Å². The second-order valence-corrected chi connectivity index (χ2v) is 8.97. The third-order valence-corrected chi connectivity index (χ3v) is 7.02. The lowest BCUT2D eigenvalue weighted by atomic mass is 9.95. The van der Waals surface area contributed by atoms with Crippen molar-refractivity contribution in [3.8, 4) is 5.75 Å². The summed E-state index contributed by atoms with van der Waals surface area (Å²) in [4.78, 5) is 25.3. The molecule has 1 aliphatic carbocycles. The molecule has 0 unspecified atom stereocenters. The largest absolute Gasteiger partial charge is 0.494 e. The molecule has 2 aliphatic rings. The molecule has 1 aromatic heterocycles. The number of fused-ring (bicyclic) bond motifs is 1. The molecule has 4 rings (SSSR count). The summed E-state index contributed by atoms with van der Waals surface area (Å²) in [5.41, 5.74) is 1.57. The van der Waals surface area contributed by atoms with Crippen LogP contribution in [-0.4, -0.2) is 28.0 Å². The fourth-order valence-corrected chi connectivity index (χ4v) is 5.32. The van der Waals surface area contributed by atoms with E-state index >= 15 is 0 Å². The van der Waals surface area contributed by atoms with E-state index in [1.165, 1.54) is 18.2 Å². The number of thioether (sulfide) groups is 1. The lowest BCUT2D eigenvalue weighted by molar-refractivity contribution is -0.113. The van der Waals surface area contributed by atoms with Gasteiger partial charge in [-0.15, -0.1) is 11.8 Å². The first-order valence-electron chi connectivity index (χ1n) is 10.7. The second kappa shape index (κ2) is 9.11. The van der Waals surface area contributed by atoms with Gasteiger partial charge in [-0.3, -0.25) is 19.4 Å². The average molecular weight is 416 g/mol. The molecule has 6 nitrogen and oxygen atoms in total. The van der Waals surface area contributed by atoms with Crippen molar-refractivity contribution in [1.29, 1.82) is 0 Å². The number of nitrogens with zero attached hydrogens (tertiary/aromatic N) is 1. The monoisotopic (exact) mass is 415 g/mol. The molecule has 1 atom stereocenters. The molecule has 7 heteroatoms. The molecule has 0 spiro atoms. The third-order valence-electron chi connectivity index (χ3n) is 5.75. The Bertz CT molecular complexity index is 897. The molecule has 1 saturated carbocycles. The van der Waals surface area contributed by atoms with Gasteiger partial charge in [0.2, 0.25) is 5.91 Å². The molecule has 2 N–H and O–H groups in total. The zero-order valence-electron chi connectivity index (χ0n) is 16.9. The first-order valence-corrected chi connectivity index (χ1v) is 11.7. The van der Waals surface area contributed by atoms with Gasteiger partial charge in [0.05, 0.1) is 29.2 Å². The highest BCUT2D eigenvalue weighted by molar-refractivity contribution is 8.00. The number of aromatic nitrogens is 2. The lowest BCUT2D eigenvalue weighted by Crippen LogP contribution is -2.21. The van der Waals surface area contributed by atoms with Crippen LogP contribution in [0.1, 0.15) is 74.3 Å². The van der Waals surface area contributed by atoms with Crippen LogP contribution in [0.15, 0.2) is 29.1 Å². The van der Waals surface area contributed by atoms with Crippen molar-refractivity contribution < 1.29 is 9.53 Å². The van der Waals surface area contributed by atoms with Gasteiger partial charge in [0.25, 0.3) is 5.56 Å². The smallest absolute Gasteiger partial charge is 0.270 e. The molecule has 2 aromatic rings. The number of carbonyl (C=O) groups excluding carboxylic acids is 1. The minimum atomic E-state index is -0.178. The third kappa shape index (κ3) is 4.39. The van der Waals surface area contributed by atoms with E-state index in [2.05, 4.69) is 17.3 Å². The van der Waals surface area contributed by atoms with Gasteiger partial charge in [0.1, 0.15) is 11.6 Å². The number of rotatable bonds is 6. The van der Waals surface area contributed by atoms with Crippen LogP contribution in [0.3, 0.4) is 0 Å². The highest BCUT2D eigenvalue weighted by atomic mass is 32.2. The fraction of sp³-hybridized carbons (Fsp3) is 0.545. The number of hydrogen-bond donors (Lipinski definition) is 2. The zero-order valence-corrected chi connectivity index (χ0v) is 17.7. The summed E-state index contributed by atoms with van der Waals surface area (Å²) in [6, 6.07) is 8.18. The first-order chi connectivity index (χ1) is 14.2.